The van der Waals surface area contributed by atoms with Crippen molar-refractivity contribution in [1.29, 1.82) is 0 Å². The smallest absolute Gasteiger partial charge is 0.253 e. The highest BCUT2D eigenvalue weighted by molar-refractivity contribution is 14.0. The van der Waals surface area contributed by atoms with Gasteiger partial charge in [0.25, 0.3) is 5.91 Å². The first kappa shape index (κ1) is 25.2. The largest absolute Gasteiger partial charge is 0.492 e. The van der Waals surface area contributed by atoms with Crippen LogP contribution in [0.4, 0.5) is 0 Å². The molecular formula is C21H28BrIN4O2. The molecule has 2 aromatic carbocycles. The fourth-order valence-electron chi connectivity index (χ4n) is 2.56. The number of carbonyl (C=O) groups is 1. The van der Waals surface area contributed by atoms with Crippen molar-refractivity contribution in [2.24, 2.45) is 4.99 Å². The zero-order valence-electron chi connectivity index (χ0n) is 16.9. The third-order valence-electron chi connectivity index (χ3n) is 3.97. The lowest BCUT2D eigenvalue weighted by Gasteiger charge is -2.13. The van der Waals surface area contributed by atoms with Crippen LogP contribution in [0, 0.1) is 0 Å². The van der Waals surface area contributed by atoms with Crippen molar-refractivity contribution in [2.45, 2.75) is 6.42 Å². The summed E-state index contributed by atoms with van der Waals surface area (Å²) in [6.07, 6.45) is 0.795. The topological polar surface area (TPSA) is 66.0 Å². The predicted octanol–water partition coefficient (Wildman–Crippen LogP) is 3.56. The highest BCUT2D eigenvalue weighted by Crippen LogP contribution is 2.17. The minimum absolute atomic E-state index is 0. The molecule has 0 atom stereocenters. The maximum Gasteiger partial charge on any atom is 0.253 e. The lowest BCUT2D eigenvalue weighted by Crippen LogP contribution is -2.40. The number of hydrogen-bond acceptors (Lipinski definition) is 3. The molecule has 1 amide bonds. The molecule has 0 aliphatic rings. The second-order valence-electron chi connectivity index (χ2n) is 6.38. The number of benzene rings is 2. The van der Waals surface area contributed by atoms with E-state index in [1.165, 1.54) is 0 Å². The molecule has 6 nitrogen and oxygen atoms in total. The van der Waals surface area contributed by atoms with Crippen molar-refractivity contribution >= 4 is 51.8 Å². The summed E-state index contributed by atoms with van der Waals surface area (Å²) in [6.45, 7) is 1.89. The molecule has 0 saturated heterocycles. The Bertz CT molecular complexity index is 815. The van der Waals surface area contributed by atoms with Crippen LogP contribution in [0.1, 0.15) is 15.9 Å². The van der Waals surface area contributed by atoms with Gasteiger partial charge in [0.2, 0.25) is 0 Å². The summed E-state index contributed by atoms with van der Waals surface area (Å²) < 4.78 is 6.69. The second-order valence-corrected chi connectivity index (χ2v) is 7.30. The number of nitrogens with zero attached hydrogens (tertiary/aromatic N) is 2. The van der Waals surface area contributed by atoms with E-state index in [4.69, 9.17) is 4.74 Å². The molecule has 2 aromatic rings. The number of ether oxygens (including phenoxy) is 1. The first-order chi connectivity index (χ1) is 13.5. The monoisotopic (exact) mass is 574 g/mol. The molecule has 0 aliphatic heterocycles. The van der Waals surface area contributed by atoms with Crippen molar-refractivity contribution in [3.63, 3.8) is 0 Å². The maximum atomic E-state index is 12.1. The minimum Gasteiger partial charge on any atom is -0.492 e. The molecule has 158 valence electrons. The number of rotatable bonds is 8. The Balaban J connectivity index is 0.00000420. The Hall–Kier alpha value is -1.81. The minimum atomic E-state index is 0. The van der Waals surface area contributed by atoms with Crippen LogP contribution in [0.5, 0.6) is 5.75 Å². The van der Waals surface area contributed by atoms with E-state index < -0.39 is 0 Å². The summed E-state index contributed by atoms with van der Waals surface area (Å²) in [4.78, 5) is 17.9. The van der Waals surface area contributed by atoms with Crippen molar-refractivity contribution in [2.75, 3.05) is 40.8 Å². The molecule has 2 N–H and O–H groups in total. The van der Waals surface area contributed by atoms with Crippen molar-refractivity contribution in [1.82, 2.24) is 15.5 Å². The number of halogens is 2. The van der Waals surface area contributed by atoms with Crippen molar-refractivity contribution in [3.05, 3.63) is 64.1 Å². The Kier molecular flexibility index (Phi) is 11.7. The molecule has 0 heterocycles. The number of carbonyl (C=O) groups excluding carboxylic acids is 1. The SMILES string of the molecule is CN=C(NCCOc1cccc(Br)c1)NCCc1cccc(C(=O)N(C)C)c1.I. The average Bonchev–Trinajstić information content (AvgIpc) is 2.69. The van der Waals surface area contributed by atoms with Crippen LogP contribution in [0.25, 0.3) is 0 Å². The van der Waals surface area contributed by atoms with E-state index in [-0.39, 0.29) is 29.9 Å². The van der Waals surface area contributed by atoms with Crippen LogP contribution in [0.3, 0.4) is 0 Å². The van der Waals surface area contributed by atoms with Crippen LogP contribution >= 0.6 is 39.9 Å². The quantitative estimate of drug-likeness (QED) is 0.219. The predicted molar refractivity (Wildman–Crippen MR) is 133 cm³/mol. The lowest BCUT2D eigenvalue weighted by atomic mass is 10.1. The first-order valence-corrected chi connectivity index (χ1v) is 9.92. The van der Waals surface area contributed by atoms with Gasteiger partial charge in [0, 0.05) is 37.7 Å². The van der Waals surface area contributed by atoms with E-state index in [0.29, 0.717) is 25.3 Å². The van der Waals surface area contributed by atoms with Crippen LogP contribution < -0.4 is 15.4 Å². The highest BCUT2D eigenvalue weighted by atomic mass is 127. The molecule has 29 heavy (non-hydrogen) atoms. The van der Waals surface area contributed by atoms with Gasteiger partial charge in [-0.25, -0.2) is 0 Å². The van der Waals surface area contributed by atoms with Crippen molar-refractivity contribution in [3.8, 4) is 5.75 Å². The third kappa shape index (κ3) is 9.03. The van der Waals surface area contributed by atoms with Crippen LogP contribution in [-0.2, 0) is 6.42 Å². The molecule has 8 heteroatoms. The van der Waals surface area contributed by atoms with Gasteiger partial charge in [0.05, 0.1) is 6.54 Å². The van der Waals surface area contributed by atoms with Gasteiger partial charge in [0.1, 0.15) is 12.4 Å². The van der Waals surface area contributed by atoms with E-state index >= 15 is 0 Å². The summed E-state index contributed by atoms with van der Waals surface area (Å²) >= 11 is 3.43. The molecule has 0 fully saturated rings. The summed E-state index contributed by atoms with van der Waals surface area (Å²) in [5.74, 6) is 1.56. The molecule has 0 radical (unpaired) electrons. The van der Waals surface area contributed by atoms with E-state index in [2.05, 4.69) is 31.6 Å². The second kappa shape index (κ2) is 13.4. The number of hydrogen-bond donors (Lipinski definition) is 2. The van der Waals surface area contributed by atoms with Gasteiger partial charge in [-0.2, -0.15) is 0 Å². The third-order valence-corrected chi connectivity index (χ3v) is 4.46. The number of nitrogens with one attached hydrogen (secondary N) is 2. The number of amides is 1. The Morgan fingerprint density at radius 1 is 1.10 bits per heavy atom. The maximum absolute atomic E-state index is 12.1. The molecule has 0 aromatic heterocycles. The van der Waals surface area contributed by atoms with E-state index in [0.717, 1.165) is 28.2 Å². The molecule has 0 bridgehead atoms. The zero-order chi connectivity index (χ0) is 20.4. The summed E-state index contributed by atoms with van der Waals surface area (Å²) in [6, 6.07) is 15.5. The fraction of sp³-hybridized carbons (Fsp3) is 0.333. The molecule has 2 rings (SSSR count). The van der Waals surface area contributed by atoms with Gasteiger partial charge in [0.15, 0.2) is 5.96 Å². The number of aliphatic imine (C=N–C) groups is 1. The molecule has 0 unspecified atom stereocenters. The molecule has 0 aliphatic carbocycles. The number of guanidine groups is 1. The molecule has 0 spiro atoms. The Labute approximate surface area is 198 Å². The van der Waals surface area contributed by atoms with E-state index in [1.807, 2.05) is 48.5 Å². The zero-order valence-corrected chi connectivity index (χ0v) is 20.9. The van der Waals surface area contributed by atoms with Gasteiger partial charge in [-0.1, -0.05) is 34.1 Å². The van der Waals surface area contributed by atoms with Gasteiger partial charge in [-0.15, -0.1) is 24.0 Å². The summed E-state index contributed by atoms with van der Waals surface area (Å²) in [5, 5.41) is 6.50. The Morgan fingerprint density at radius 2 is 1.83 bits per heavy atom. The summed E-state index contributed by atoms with van der Waals surface area (Å²) in [7, 11) is 5.25. The summed E-state index contributed by atoms with van der Waals surface area (Å²) in [5.41, 5.74) is 1.81. The van der Waals surface area contributed by atoms with Crippen LogP contribution in [0.15, 0.2) is 58.0 Å². The molecule has 0 saturated carbocycles. The first-order valence-electron chi connectivity index (χ1n) is 9.13. The normalized spacial score (nSPS) is 10.7. The van der Waals surface area contributed by atoms with Gasteiger partial charge in [-0.05, 0) is 42.3 Å². The molecular weight excluding hydrogens is 547 g/mol. The van der Waals surface area contributed by atoms with Crippen molar-refractivity contribution < 1.29 is 9.53 Å². The van der Waals surface area contributed by atoms with Gasteiger partial charge in [-0.3, -0.25) is 9.79 Å². The van der Waals surface area contributed by atoms with Crippen LogP contribution in [0.2, 0.25) is 0 Å². The Morgan fingerprint density at radius 3 is 2.52 bits per heavy atom. The van der Waals surface area contributed by atoms with Gasteiger partial charge >= 0.3 is 0 Å². The van der Waals surface area contributed by atoms with Gasteiger partial charge < -0.3 is 20.3 Å². The highest BCUT2D eigenvalue weighted by Gasteiger charge is 2.08. The van der Waals surface area contributed by atoms with Crippen LogP contribution in [-0.4, -0.2) is 57.6 Å². The fourth-order valence-corrected chi connectivity index (χ4v) is 2.94. The average molecular weight is 575 g/mol. The standard InChI is InChI=1S/C21H27BrN4O2.HI/c1-23-21(25-12-13-28-19-9-5-8-18(22)15-19)24-11-10-16-6-4-7-17(14-16)20(27)26(2)3;/h4-9,14-15H,10-13H2,1-3H3,(H2,23,24,25);1H. The van der Waals surface area contributed by atoms with E-state index in [9.17, 15) is 4.79 Å². The lowest BCUT2D eigenvalue weighted by molar-refractivity contribution is 0.0827. The van der Waals surface area contributed by atoms with E-state index in [1.54, 1.807) is 26.0 Å².